The second-order valence-electron chi connectivity index (χ2n) is 10.0. The van der Waals surface area contributed by atoms with E-state index in [4.69, 9.17) is 4.74 Å². The van der Waals surface area contributed by atoms with E-state index in [1.807, 2.05) is 6.92 Å². The van der Waals surface area contributed by atoms with Crippen LogP contribution in [0.5, 0.6) is 0 Å². The molecule has 0 N–H and O–H groups in total. The number of unbranched alkanes of at least 4 members (excludes halogenated alkanes) is 9. The number of carbonyl (C=O) groups excluding carboxylic acids is 1. The van der Waals surface area contributed by atoms with E-state index in [0.717, 1.165) is 58.0 Å². The first-order valence-corrected chi connectivity index (χ1v) is 13.8. The summed E-state index contributed by atoms with van der Waals surface area (Å²) >= 11 is 0. The van der Waals surface area contributed by atoms with Gasteiger partial charge in [0.05, 0.1) is 18.2 Å². The van der Waals surface area contributed by atoms with Crippen molar-refractivity contribution in [1.82, 2.24) is 0 Å². The van der Waals surface area contributed by atoms with Crippen LogP contribution in [0.3, 0.4) is 0 Å². The van der Waals surface area contributed by atoms with Gasteiger partial charge in [0.1, 0.15) is 5.78 Å². The molecule has 2 saturated carbocycles. The Morgan fingerprint density at radius 3 is 1.68 bits per heavy atom. The van der Waals surface area contributed by atoms with Crippen LogP contribution in [0.25, 0.3) is 0 Å². The molecule has 2 fully saturated rings. The quantitative estimate of drug-likeness (QED) is 0.181. The predicted octanol–water partition coefficient (Wildman–Crippen LogP) is 8.23. The molecule has 2 rings (SSSR count). The molecular weight excluding hydrogens is 384 g/mol. The SMILES string of the molecule is CCCCCCCCCCCCOC1CCC(N=NC2CCC(C(=O)CC)CC2)CC1. The number of hydrogen-bond acceptors (Lipinski definition) is 4. The number of ketones is 1. The lowest BCUT2D eigenvalue weighted by Gasteiger charge is -2.27. The van der Waals surface area contributed by atoms with Gasteiger partial charge in [0.15, 0.2) is 0 Å². The van der Waals surface area contributed by atoms with Crippen LogP contribution in [0, 0.1) is 5.92 Å². The summed E-state index contributed by atoms with van der Waals surface area (Å²) in [5.74, 6) is 0.728. The van der Waals surface area contributed by atoms with Crippen LogP contribution >= 0.6 is 0 Å². The summed E-state index contributed by atoms with van der Waals surface area (Å²) in [6.45, 7) is 5.20. The summed E-state index contributed by atoms with van der Waals surface area (Å²) in [6, 6.07) is 0.749. The summed E-state index contributed by atoms with van der Waals surface area (Å²) in [7, 11) is 0. The first-order valence-electron chi connectivity index (χ1n) is 13.8. The average Bonchev–Trinajstić information content (AvgIpc) is 2.82. The monoisotopic (exact) mass is 434 g/mol. The van der Waals surface area contributed by atoms with Gasteiger partial charge in [0.25, 0.3) is 0 Å². The first kappa shape index (κ1) is 26.5. The Bertz CT molecular complexity index is 478. The highest BCUT2D eigenvalue weighted by molar-refractivity contribution is 5.80. The molecule has 0 aromatic heterocycles. The third kappa shape index (κ3) is 11.6. The second kappa shape index (κ2) is 16.8. The average molecular weight is 435 g/mol. The third-order valence-electron chi connectivity index (χ3n) is 7.39. The smallest absolute Gasteiger partial charge is 0.135 e. The van der Waals surface area contributed by atoms with Crippen molar-refractivity contribution in [3.63, 3.8) is 0 Å². The van der Waals surface area contributed by atoms with Gasteiger partial charge in [0.2, 0.25) is 0 Å². The second-order valence-corrected chi connectivity index (χ2v) is 10.0. The van der Waals surface area contributed by atoms with E-state index in [1.165, 1.54) is 64.2 Å². The third-order valence-corrected chi connectivity index (χ3v) is 7.39. The summed E-state index contributed by atoms with van der Waals surface area (Å²) in [6.07, 6.45) is 23.5. The van der Waals surface area contributed by atoms with Crippen LogP contribution in [0.15, 0.2) is 10.2 Å². The molecule has 0 spiro atoms. The molecule has 2 aliphatic rings. The van der Waals surface area contributed by atoms with Crippen LogP contribution in [0.1, 0.15) is 136 Å². The Labute approximate surface area is 192 Å². The summed E-state index contributed by atoms with van der Waals surface area (Å²) in [5.41, 5.74) is 0. The Kier molecular flexibility index (Phi) is 14.4. The minimum Gasteiger partial charge on any atom is -0.378 e. The lowest BCUT2D eigenvalue weighted by molar-refractivity contribution is -0.123. The van der Waals surface area contributed by atoms with Crippen LogP contribution in [0.2, 0.25) is 0 Å². The summed E-state index contributed by atoms with van der Waals surface area (Å²) in [4.78, 5) is 11.8. The molecule has 0 aromatic carbocycles. The van der Waals surface area contributed by atoms with E-state index in [1.54, 1.807) is 0 Å². The van der Waals surface area contributed by atoms with Crippen molar-refractivity contribution in [3.8, 4) is 0 Å². The van der Waals surface area contributed by atoms with Gasteiger partial charge < -0.3 is 4.74 Å². The molecule has 180 valence electrons. The molecule has 0 aliphatic heterocycles. The molecule has 0 aromatic rings. The molecule has 4 heteroatoms. The van der Waals surface area contributed by atoms with Gasteiger partial charge >= 0.3 is 0 Å². The van der Waals surface area contributed by atoms with Gasteiger partial charge in [-0.3, -0.25) is 4.79 Å². The fraction of sp³-hybridized carbons (Fsp3) is 0.963. The molecule has 0 amide bonds. The van der Waals surface area contributed by atoms with Crippen LogP contribution < -0.4 is 0 Å². The van der Waals surface area contributed by atoms with E-state index >= 15 is 0 Å². The highest BCUT2D eigenvalue weighted by Crippen LogP contribution is 2.29. The number of carbonyl (C=O) groups is 1. The Balaban J connectivity index is 1.43. The van der Waals surface area contributed by atoms with Crippen molar-refractivity contribution in [3.05, 3.63) is 0 Å². The number of azo groups is 1. The minimum absolute atomic E-state index is 0.291. The molecular formula is C27H50N2O2. The van der Waals surface area contributed by atoms with Crippen LogP contribution in [0.4, 0.5) is 0 Å². The van der Waals surface area contributed by atoms with Gasteiger partial charge in [-0.15, -0.1) is 0 Å². The van der Waals surface area contributed by atoms with E-state index in [2.05, 4.69) is 17.2 Å². The summed E-state index contributed by atoms with van der Waals surface area (Å²) < 4.78 is 6.14. The zero-order chi connectivity index (χ0) is 22.2. The van der Waals surface area contributed by atoms with Crippen molar-refractivity contribution in [2.24, 2.45) is 16.1 Å². The molecule has 0 saturated heterocycles. The standard InChI is InChI=1S/C27H50N2O2/c1-3-5-6-7-8-9-10-11-12-13-22-31-26-20-18-25(19-21-26)29-28-24-16-14-23(15-17-24)27(30)4-2/h23-26H,3-22H2,1-2H3. The molecule has 2 aliphatic carbocycles. The lowest BCUT2D eigenvalue weighted by atomic mass is 9.83. The first-order chi connectivity index (χ1) is 15.2. The molecule has 0 radical (unpaired) electrons. The molecule has 0 bridgehead atoms. The zero-order valence-corrected chi connectivity index (χ0v) is 20.7. The Morgan fingerprint density at radius 1 is 0.677 bits per heavy atom. The Morgan fingerprint density at radius 2 is 1.16 bits per heavy atom. The maximum Gasteiger partial charge on any atom is 0.135 e. The zero-order valence-electron chi connectivity index (χ0n) is 20.7. The Hall–Kier alpha value is -0.770. The van der Waals surface area contributed by atoms with E-state index in [0.29, 0.717) is 36.3 Å². The minimum atomic E-state index is 0.291. The van der Waals surface area contributed by atoms with Gasteiger partial charge in [-0.05, 0) is 57.8 Å². The maximum atomic E-state index is 11.8. The van der Waals surface area contributed by atoms with Gasteiger partial charge in [-0.2, -0.15) is 10.2 Å². The number of rotatable bonds is 16. The topological polar surface area (TPSA) is 51.0 Å². The highest BCUT2D eigenvalue weighted by atomic mass is 16.5. The van der Waals surface area contributed by atoms with Gasteiger partial charge in [0, 0.05) is 18.9 Å². The van der Waals surface area contributed by atoms with Crippen molar-refractivity contribution in [2.75, 3.05) is 6.61 Å². The van der Waals surface area contributed by atoms with Crippen molar-refractivity contribution >= 4 is 5.78 Å². The molecule has 31 heavy (non-hydrogen) atoms. The number of Topliss-reactive ketones (excluding diaryl/α,β-unsaturated/α-hetero) is 1. The van der Waals surface area contributed by atoms with Crippen LogP contribution in [-0.2, 0) is 9.53 Å². The van der Waals surface area contributed by atoms with Gasteiger partial charge in [-0.1, -0.05) is 71.6 Å². The lowest BCUT2D eigenvalue weighted by Crippen LogP contribution is -2.25. The maximum absolute atomic E-state index is 11.8. The van der Waals surface area contributed by atoms with Crippen molar-refractivity contribution in [2.45, 2.75) is 154 Å². The normalized spacial score (nSPS) is 27.0. The number of ether oxygens (including phenoxy) is 1. The number of nitrogens with zero attached hydrogens (tertiary/aromatic N) is 2. The largest absolute Gasteiger partial charge is 0.378 e. The van der Waals surface area contributed by atoms with Crippen LogP contribution in [-0.4, -0.2) is 30.6 Å². The fourth-order valence-electron chi connectivity index (χ4n) is 5.16. The summed E-state index contributed by atoms with van der Waals surface area (Å²) in [5, 5.41) is 9.33. The van der Waals surface area contributed by atoms with Gasteiger partial charge in [-0.25, -0.2) is 0 Å². The highest BCUT2D eigenvalue weighted by Gasteiger charge is 2.26. The van der Waals surface area contributed by atoms with E-state index in [-0.39, 0.29) is 0 Å². The fourth-order valence-corrected chi connectivity index (χ4v) is 5.16. The molecule has 0 heterocycles. The van der Waals surface area contributed by atoms with Crippen molar-refractivity contribution in [1.29, 1.82) is 0 Å². The van der Waals surface area contributed by atoms with E-state index in [9.17, 15) is 4.79 Å². The number of hydrogen-bond donors (Lipinski definition) is 0. The van der Waals surface area contributed by atoms with Crippen molar-refractivity contribution < 1.29 is 9.53 Å². The predicted molar refractivity (Wildman–Crippen MR) is 130 cm³/mol. The van der Waals surface area contributed by atoms with E-state index < -0.39 is 0 Å². The molecule has 0 unspecified atom stereocenters. The molecule has 0 atom stereocenters. The molecule has 4 nitrogen and oxygen atoms in total.